The molecule has 9 heteroatoms. The SMILES string of the molecule is CCNC(=NCCN(C)CC(F)(F)F)NC(C)c1ccc(F)cc1F. The summed E-state index contributed by atoms with van der Waals surface area (Å²) in [6.45, 7) is 3.29. The average Bonchev–Trinajstić information content (AvgIpc) is 2.45. The highest BCUT2D eigenvalue weighted by molar-refractivity contribution is 5.80. The number of nitrogens with one attached hydrogen (secondary N) is 2. The predicted octanol–water partition coefficient (Wildman–Crippen LogP) is 3.08. The van der Waals surface area contributed by atoms with Gasteiger partial charge in [-0.25, -0.2) is 8.78 Å². The van der Waals surface area contributed by atoms with Crippen LogP contribution < -0.4 is 10.6 Å². The van der Waals surface area contributed by atoms with Gasteiger partial charge < -0.3 is 10.6 Å². The molecule has 0 saturated heterocycles. The molecule has 1 atom stereocenters. The molecule has 0 aliphatic carbocycles. The van der Waals surface area contributed by atoms with Crippen molar-refractivity contribution in [3.8, 4) is 0 Å². The van der Waals surface area contributed by atoms with Crippen LogP contribution in [0.1, 0.15) is 25.5 Å². The van der Waals surface area contributed by atoms with E-state index in [4.69, 9.17) is 0 Å². The number of aliphatic imine (C=N–C) groups is 1. The van der Waals surface area contributed by atoms with Crippen LogP contribution in [0.25, 0.3) is 0 Å². The van der Waals surface area contributed by atoms with Gasteiger partial charge in [0, 0.05) is 24.7 Å². The van der Waals surface area contributed by atoms with E-state index in [0.29, 0.717) is 12.5 Å². The van der Waals surface area contributed by atoms with Crippen LogP contribution in [-0.4, -0.2) is 50.3 Å². The standard InChI is InChI=1S/C16H23F5N4/c1-4-22-15(23-7-8-25(3)10-16(19,20)21)24-11(2)13-6-5-12(17)9-14(13)18/h5-6,9,11H,4,7-8,10H2,1-3H3,(H2,22,23,24). The lowest BCUT2D eigenvalue weighted by Gasteiger charge is -2.20. The molecular weight excluding hydrogens is 343 g/mol. The molecule has 0 fully saturated rings. The maximum absolute atomic E-state index is 13.8. The van der Waals surface area contributed by atoms with Gasteiger partial charge in [0.2, 0.25) is 0 Å². The van der Waals surface area contributed by atoms with Crippen molar-refractivity contribution >= 4 is 5.96 Å². The molecule has 1 aromatic rings. The number of benzene rings is 1. The van der Waals surface area contributed by atoms with Crippen molar-refractivity contribution in [2.24, 2.45) is 4.99 Å². The summed E-state index contributed by atoms with van der Waals surface area (Å²) < 4.78 is 63.6. The van der Waals surface area contributed by atoms with E-state index in [9.17, 15) is 22.0 Å². The highest BCUT2D eigenvalue weighted by Crippen LogP contribution is 2.17. The van der Waals surface area contributed by atoms with Gasteiger partial charge in [-0.3, -0.25) is 9.89 Å². The summed E-state index contributed by atoms with van der Waals surface area (Å²) in [7, 11) is 1.36. The third kappa shape index (κ3) is 8.15. The zero-order valence-electron chi connectivity index (χ0n) is 14.4. The number of rotatable bonds is 7. The zero-order chi connectivity index (χ0) is 19.0. The molecule has 0 saturated carbocycles. The van der Waals surface area contributed by atoms with Gasteiger partial charge in [0.15, 0.2) is 5.96 Å². The number of alkyl halides is 3. The second-order valence-electron chi connectivity index (χ2n) is 5.65. The molecule has 0 amide bonds. The Balaban J connectivity index is 2.66. The lowest BCUT2D eigenvalue weighted by molar-refractivity contribution is -0.142. The summed E-state index contributed by atoms with van der Waals surface area (Å²) >= 11 is 0. The Morgan fingerprint density at radius 2 is 1.96 bits per heavy atom. The van der Waals surface area contributed by atoms with Gasteiger partial charge in [-0.2, -0.15) is 13.2 Å². The fourth-order valence-electron chi connectivity index (χ4n) is 2.17. The molecule has 0 spiro atoms. The molecular formula is C16H23F5N4. The molecule has 0 aliphatic rings. The Labute approximate surface area is 144 Å². The van der Waals surface area contributed by atoms with Crippen molar-refractivity contribution in [2.45, 2.75) is 26.1 Å². The summed E-state index contributed by atoms with van der Waals surface area (Å²) in [5, 5.41) is 5.89. The average molecular weight is 366 g/mol. The van der Waals surface area contributed by atoms with Gasteiger partial charge in [-0.05, 0) is 27.0 Å². The number of hydrogen-bond donors (Lipinski definition) is 2. The van der Waals surface area contributed by atoms with E-state index in [0.717, 1.165) is 17.0 Å². The lowest BCUT2D eigenvalue weighted by atomic mass is 10.1. The van der Waals surface area contributed by atoms with Gasteiger partial charge in [0.1, 0.15) is 11.6 Å². The van der Waals surface area contributed by atoms with Crippen molar-refractivity contribution in [3.05, 3.63) is 35.4 Å². The van der Waals surface area contributed by atoms with Crippen molar-refractivity contribution in [3.63, 3.8) is 0 Å². The fraction of sp³-hybridized carbons (Fsp3) is 0.562. The van der Waals surface area contributed by atoms with Gasteiger partial charge in [-0.15, -0.1) is 0 Å². The van der Waals surface area contributed by atoms with Crippen molar-refractivity contribution in [1.29, 1.82) is 0 Å². The van der Waals surface area contributed by atoms with Crippen molar-refractivity contribution in [1.82, 2.24) is 15.5 Å². The topological polar surface area (TPSA) is 39.7 Å². The smallest absolute Gasteiger partial charge is 0.357 e. The molecule has 4 nitrogen and oxygen atoms in total. The zero-order valence-corrected chi connectivity index (χ0v) is 14.4. The van der Waals surface area contributed by atoms with Crippen LogP contribution in [0.3, 0.4) is 0 Å². The summed E-state index contributed by atoms with van der Waals surface area (Å²) in [6.07, 6.45) is -4.25. The summed E-state index contributed by atoms with van der Waals surface area (Å²) in [5.74, 6) is -0.999. The highest BCUT2D eigenvalue weighted by atomic mass is 19.4. The van der Waals surface area contributed by atoms with E-state index in [1.54, 1.807) is 6.92 Å². The molecule has 0 aromatic heterocycles. The Morgan fingerprint density at radius 3 is 2.52 bits per heavy atom. The van der Waals surface area contributed by atoms with E-state index >= 15 is 0 Å². The van der Waals surface area contributed by atoms with E-state index < -0.39 is 30.4 Å². The Kier molecular flexibility index (Phi) is 8.08. The number of halogens is 5. The first kappa shape index (κ1) is 21.1. The van der Waals surface area contributed by atoms with Gasteiger partial charge in [-0.1, -0.05) is 6.07 Å². The first-order valence-corrected chi connectivity index (χ1v) is 7.87. The third-order valence-corrected chi connectivity index (χ3v) is 3.33. The predicted molar refractivity (Wildman–Crippen MR) is 87.4 cm³/mol. The second-order valence-corrected chi connectivity index (χ2v) is 5.65. The van der Waals surface area contributed by atoms with Crippen LogP contribution in [0.4, 0.5) is 22.0 Å². The van der Waals surface area contributed by atoms with Crippen LogP contribution in [0, 0.1) is 11.6 Å². The van der Waals surface area contributed by atoms with Crippen LogP contribution in [0.15, 0.2) is 23.2 Å². The molecule has 1 aromatic carbocycles. The molecule has 25 heavy (non-hydrogen) atoms. The Hall–Kier alpha value is -1.90. The largest absolute Gasteiger partial charge is 0.401 e. The molecule has 0 radical (unpaired) electrons. The summed E-state index contributed by atoms with van der Waals surface area (Å²) in [4.78, 5) is 5.31. The third-order valence-electron chi connectivity index (χ3n) is 3.33. The molecule has 142 valence electrons. The lowest BCUT2D eigenvalue weighted by Crippen LogP contribution is -2.40. The van der Waals surface area contributed by atoms with E-state index in [1.807, 2.05) is 6.92 Å². The van der Waals surface area contributed by atoms with E-state index in [1.165, 1.54) is 13.1 Å². The minimum Gasteiger partial charge on any atom is -0.357 e. The fourth-order valence-corrected chi connectivity index (χ4v) is 2.17. The number of nitrogens with zero attached hydrogens (tertiary/aromatic N) is 2. The van der Waals surface area contributed by atoms with Crippen LogP contribution in [-0.2, 0) is 0 Å². The Morgan fingerprint density at radius 1 is 1.28 bits per heavy atom. The maximum Gasteiger partial charge on any atom is 0.401 e. The molecule has 0 heterocycles. The van der Waals surface area contributed by atoms with E-state index in [-0.39, 0.29) is 18.7 Å². The number of hydrogen-bond acceptors (Lipinski definition) is 2. The number of likely N-dealkylation sites (N-methyl/N-ethyl adjacent to an activating group) is 1. The number of guanidine groups is 1. The van der Waals surface area contributed by atoms with Gasteiger partial charge in [0.05, 0.1) is 19.1 Å². The summed E-state index contributed by atoms with van der Waals surface area (Å²) in [5.41, 5.74) is 0.265. The molecule has 1 rings (SSSR count). The van der Waals surface area contributed by atoms with Crippen molar-refractivity contribution in [2.75, 3.05) is 33.2 Å². The first-order valence-electron chi connectivity index (χ1n) is 7.87. The van der Waals surface area contributed by atoms with Crippen LogP contribution in [0.2, 0.25) is 0 Å². The van der Waals surface area contributed by atoms with Gasteiger partial charge >= 0.3 is 6.18 Å². The minimum absolute atomic E-state index is 0.120. The summed E-state index contributed by atoms with van der Waals surface area (Å²) in [6, 6.07) is 2.80. The molecule has 2 N–H and O–H groups in total. The van der Waals surface area contributed by atoms with Crippen molar-refractivity contribution < 1.29 is 22.0 Å². The maximum atomic E-state index is 13.8. The normalized spacial score (nSPS) is 13.9. The highest BCUT2D eigenvalue weighted by Gasteiger charge is 2.28. The quantitative estimate of drug-likeness (QED) is 0.443. The first-order chi connectivity index (χ1) is 11.6. The van der Waals surface area contributed by atoms with Crippen LogP contribution >= 0.6 is 0 Å². The molecule has 0 bridgehead atoms. The Bertz CT molecular complexity index is 574. The second kappa shape index (κ2) is 9.55. The monoisotopic (exact) mass is 366 g/mol. The van der Waals surface area contributed by atoms with Gasteiger partial charge in [0.25, 0.3) is 0 Å². The minimum atomic E-state index is -4.25. The van der Waals surface area contributed by atoms with Crippen LogP contribution in [0.5, 0.6) is 0 Å². The molecule has 0 aliphatic heterocycles. The molecule has 1 unspecified atom stereocenters. The van der Waals surface area contributed by atoms with E-state index in [2.05, 4.69) is 15.6 Å².